The summed E-state index contributed by atoms with van der Waals surface area (Å²) >= 11 is 1.49. The van der Waals surface area contributed by atoms with Crippen LogP contribution in [-0.2, 0) is 16.6 Å². The third kappa shape index (κ3) is 3.74. The number of aryl methyl sites for hydroxylation is 1. The molecule has 18 heavy (non-hydrogen) atoms. The molecule has 1 aromatic heterocycles. The van der Waals surface area contributed by atoms with Crippen molar-refractivity contribution in [2.24, 2.45) is 0 Å². The van der Waals surface area contributed by atoms with Crippen LogP contribution in [0.25, 0.3) is 0 Å². The highest BCUT2D eigenvalue weighted by atomic mass is 32.2. The van der Waals surface area contributed by atoms with Gasteiger partial charge in [0.25, 0.3) is 0 Å². The molecule has 0 aliphatic rings. The van der Waals surface area contributed by atoms with Gasteiger partial charge in [0, 0.05) is 25.0 Å². The first-order valence-electron chi connectivity index (χ1n) is 5.94. The quantitative estimate of drug-likeness (QED) is 0.820. The Morgan fingerprint density at radius 3 is 2.72 bits per heavy atom. The van der Waals surface area contributed by atoms with Gasteiger partial charge in [-0.05, 0) is 20.4 Å². The van der Waals surface area contributed by atoms with Crippen LogP contribution >= 0.6 is 11.3 Å². The van der Waals surface area contributed by atoms with Gasteiger partial charge in [0.15, 0.2) is 0 Å². The summed E-state index contributed by atoms with van der Waals surface area (Å²) in [6, 6.07) is 0. The van der Waals surface area contributed by atoms with E-state index in [4.69, 9.17) is 0 Å². The number of nitrogens with one attached hydrogen (secondary N) is 1. The lowest BCUT2D eigenvalue weighted by Gasteiger charge is -2.21. The van der Waals surface area contributed by atoms with Gasteiger partial charge in [-0.1, -0.05) is 6.92 Å². The molecule has 1 rings (SSSR count). The van der Waals surface area contributed by atoms with E-state index in [2.05, 4.69) is 10.3 Å². The number of aromatic nitrogens is 1. The minimum atomic E-state index is -3.25. The van der Waals surface area contributed by atoms with E-state index < -0.39 is 15.3 Å². The molecule has 104 valence electrons. The second-order valence-corrected chi connectivity index (χ2v) is 7.68. The summed E-state index contributed by atoms with van der Waals surface area (Å²) in [5, 5.41) is 2.64. The van der Waals surface area contributed by atoms with Crippen LogP contribution in [0.5, 0.6) is 0 Å². The van der Waals surface area contributed by atoms with E-state index in [0.717, 1.165) is 17.1 Å². The summed E-state index contributed by atoms with van der Waals surface area (Å²) in [6.07, 6.45) is 0. The third-order valence-electron chi connectivity index (χ3n) is 2.84. The zero-order valence-corrected chi connectivity index (χ0v) is 12.9. The second-order valence-electron chi connectivity index (χ2n) is 4.28. The van der Waals surface area contributed by atoms with Gasteiger partial charge in [-0.2, -0.15) is 4.31 Å². The van der Waals surface area contributed by atoms with Crippen LogP contribution in [0, 0.1) is 6.92 Å². The molecular formula is C11H21N3O2S2. The molecule has 0 bridgehead atoms. The van der Waals surface area contributed by atoms with Crippen molar-refractivity contribution >= 4 is 21.4 Å². The Balaban J connectivity index is 2.70. The fourth-order valence-electron chi connectivity index (χ4n) is 1.53. The lowest BCUT2D eigenvalue weighted by Crippen LogP contribution is -2.39. The van der Waals surface area contributed by atoms with Gasteiger partial charge in [-0.15, -0.1) is 11.3 Å². The van der Waals surface area contributed by atoms with Crippen LogP contribution in [0.2, 0.25) is 0 Å². The molecule has 0 aliphatic carbocycles. The summed E-state index contributed by atoms with van der Waals surface area (Å²) in [6.45, 7) is 7.24. The molecule has 0 fully saturated rings. The van der Waals surface area contributed by atoms with Crippen LogP contribution < -0.4 is 5.32 Å². The maximum Gasteiger partial charge on any atom is 0.218 e. The Hall–Kier alpha value is -0.500. The molecule has 1 heterocycles. The highest BCUT2D eigenvalue weighted by Gasteiger charge is 2.26. The topological polar surface area (TPSA) is 62.3 Å². The molecule has 1 N–H and O–H groups in total. The predicted molar refractivity (Wildman–Crippen MR) is 75.2 cm³/mol. The molecule has 0 radical (unpaired) electrons. The minimum absolute atomic E-state index is 0.398. The van der Waals surface area contributed by atoms with Crippen LogP contribution in [0.3, 0.4) is 0 Å². The first-order valence-corrected chi connectivity index (χ1v) is 8.32. The maximum absolute atomic E-state index is 12.2. The fraction of sp³-hybridized carbons (Fsp3) is 0.727. The zero-order valence-electron chi connectivity index (χ0n) is 11.3. The van der Waals surface area contributed by atoms with Crippen LogP contribution in [-0.4, -0.2) is 43.1 Å². The minimum Gasteiger partial charge on any atom is -0.316 e. The lowest BCUT2D eigenvalue weighted by molar-refractivity contribution is 0.456. The highest BCUT2D eigenvalue weighted by molar-refractivity contribution is 7.89. The largest absolute Gasteiger partial charge is 0.316 e. The van der Waals surface area contributed by atoms with Crippen molar-refractivity contribution in [1.82, 2.24) is 14.6 Å². The van der Waals surface area contributed by atoms with E-state index >= 15 is 0 Å². The molecule has 0 spiro atoms. The number of hydrogen-bond acceptors (Lipinski definition) is 5. The smallest absolute Gasteiger partial charge is 0.218 e. The van der Waals surface area contributed by atoms with Crippen LogP contribution in [0.4, 0.5) is 0 Å². The summed E-state index contributed by atoms with van der Waals surface area (Å²) < 4.78 is 25.9. The summed E-state index contributed by atoms with van der Waals surface area (Å²) in [5.41, 5.74) is 2.65. The molecular weight excluding hydrogens is 270 g/mol. The van der Waals surface area contributed by atoms with Crippen molar-refractivity contribution in [2.45, 2.75) is 32.6 Å². The summed E-state index contributed by atoms with van der Waals surface area (Å²) in [7, 11) is -1.63. The van der Waals surface area contributed by atoms with Crippen molar-refractivity contribution in [3.63, 3.8) is 0 Å². The monoisotopic (exact) mass is 291 g/mol. The van der Waals surface area contributed by atoms with Gasteiger partial charge < -0.3 is 5.32 Å². The number of nitrogens with zero attached hydrogens (tertiary/aromatic N) is 2. The maximum atomic E-state index is 12.2. The number of sulfonamides is 1. The van der Waals surface area contributed by atoms with Crippen LogP contribution in [0.1, 0.15) is 24.4 Å². The Labute approximate surface area is 113 Å². The highest BCUT2D eigenvalue weighted by Crippen LogP contribution is 2.17. The normalized spacial score (nSPS) is 14.1. The van der Waals surface area contributed by atoms with Crippen molar-refractivity contribution in [3.8, 4) is 0 Å². The van der Waals surface area contributed by atoms with E-state index in [0.29, 0.717) is 13.1 Å². The molecule has 7 heteroatoms. The SMILES string of the molecule is CCNCC(C)S(=O)(=O)N(C)Cc1scnc1C. The van der Waals surface area contributed by atoms with Gasteiger partial charge in [-0.25, -0.2) is 13.4 Å². The van der Waals surface area contributed by atoms with E-state index in [1.165, 1.54) is 15.6 Å². The van der Waals surface area contributed by atoms with Gasteiger partial charge in [-0.3, -0.25) is 0 Å². The van der Waals surface area contributed by atoms with Crippen molar-refractivity contribution < 1.29 is 8.42 Å². The Morgan fingerprint density at radius 1 is 1.56 bits per heavy atom. The summed E-state index contributed by atoms with van der Waals surface area (Å²) in [4.78, 5) is 5.13. The van der Waals surface area contributed by atoms with E-state index in [1.54, 1.807) is 19.5 Å². The molecule has 0 saturated carbocycles. The van der Waals surface area contributed by atoms with Gasteiger partial charge in [0.05, 0.1) is 16.5 Å². The van der Waals surface area contributed by atoms with E-state index in [1.807, 2.05) is 13.8 Å². The Bertz CT molecular complexity index is 470. The molecule has 5 nitrogen and oxygen atoms in total. The molecule has 1 aromatic rings. The van der Waals surface area contributed by atoms with Gasteiger partial charge in [0.2, 0.25) is 10.0 Å². The van der Waals surface area contributed by atoms with Crippen molar-refractivity contribution in [3.05, 3.63) is 16.1 Å². The predicted octanol–water partition coefficient (Wildman–Crippen LogP) is 1.21. The molecule has 1 unspecified atom stereocenters. The average molecular weight is 291 g/mol. The molecule has 0 aromatic carbocycles. The second kappa shape index (κ2) is 6.60. The molecule has 0 saturated heterocycles. The van der Waals surface area contributed by atoms with Crippen molar-refractivity contribution in [1.29, 1.82) is 0 Å². The Morgan fingerprint density at radius 2 is 2.22 bits per heavy atom. The average Bonchev–Trinajstić information content (AvgIpc) is 2.71. The fourth-order valence-corrected chi connectivity index (χ4v) is 3.69. The molecule has 1 atom stereocenters. The first-order chi connectivity index (χ1) is 8.39. The lowest BCUT2D eigenvalue weighted by atomic mass is 10.4. The molecule has 0 aliphatic heterocycles. The summed E-state index contributed by atoms with van der Waals surface area (Å²) in [5.74, 6) is 0. The van der Waals surface area contributed by atoms with Crippen LogP contribution in [0.15, 0.2) is 5.51 Å². The standard InChI is InChI=1S/C11H21N3O2S2/c1-5-12-6-9(2)18(15,16)14(4)7-11-10(3)13-8-17-11/h8-9,12H,5-7H2,1-4H3. The van der Waals surface area contributed by atoms with Gasteiger partial charge >= 0.3 is 0 Å². The number of hydrogen-bond donors (Lipinski definition) is 1. The molecule has 0 amide bonds. The van der Waals surface area contributed by atoms with E-state index in [9.17, 15) is 8.42 Å². The zero-order chi connectivity index (χ0) is 13.8. The third-order valence-corrected chi connectivity index (χ3v) is 5.94. The van der Waals surface area contributed by atoms with Gasteiger partial charge in [0.1, 0.15) is 0 Å². The first kappa shape index (κ1) is 15.6. The Kier molecular flexibility index (Phi) is 5.71. The number of thiazole rings is 1. The number of rotatable bonds is 7. The van der Waals surface area contributed by atoms with E-state index in [-0.39, 0.29) is 0 Å². The van der Waals surface area contributed by atoms with Crippen molar-refractivity contribution in [2.75, 3.05) is 20.1 Å².